The summed E-state index contributed by atoms with van der Waals surface area (Å²) >= 11 is 0. The molecule has 5 heteroatoms. The van der Waals surface area contributed by atoms with Gasteiger partial charge in [-0.25, -0.2) is 4.39 Å². The number of likely N-dealkylation sites (tertiary alicyclic amines) is 1. The van der Waals surface area contributed by atoms with E-state index in [4.69, 9.17) is 0 Å². The lowest BCUT2D eigenvalue weighted by molar-refractivity contribution is -0.131. The molecule has 2 rings (SSSR count). The summed E-state index contributed by atoms with van der Waals surface area (Å²) in [6.07, 6.45) is 2.37. The number of carbonyl (C=O) groups is 2. The number of amides is 2. The highest BCUT2D eigenvalue weighted by atomic mass is 19.1. The third-order valence-electron chi connectivity index (χ3n) is 3.80. The fourth-order valence-corrected chi connectivity index (χ4v) is 2.49. The minimum atomic E-state index is -0.293. The van der Waals surface area contributed by atoms with Crippen molar-refractivity contribution in [3.05, 3.63) is 35.6 Å². The zero-order chi connectivity index (χ0) is 15.2. The molecule has 0 spiro atoms. The fraction of sp³-hybridized carbons (Fsp3) is 0.500. The van der Waals surface area contributed by atoms with Crippen LogP contribution in [0.25, 0.3) is 0 Å². The van der Waals surface area contributed by atoms with Gasteiger partial charge in [0.15, 0.2) is 0 Å². The van der Waals surface area contributed by atoms with Gasteiger partial charge in [0.1, 0.15) is 5.82 Å². The molecule has 0 radical (unpaired) electrons. The van der Waals surface area contributed by atoms with E-state index in [1.807, 2.05) is 11.8 Å². The van der Waals surface area contributed by atoms with Gasteiger partial charge in [-0.05, 0) is 30.5 Å². The number of benzene rings is 1. The van der Waals surface area contributed by atoms with Gasteiger partial charge in [-0.3, -0.25) is 9.59 Å². The number of nitrogens with zero attached hydrogens (tertiary/aromatic N) is 1. The van der Waals surface area contributed by atoms with E-state index < -0.39 is 0 Å². The molecular weight excluding hydrogens is 271 g/mol. The zero-order valence-corrected chi connectivity index (χ0v) is 12.3. The molecule has 0 unspecified atom stereocenters. The predicted octanol–water partition coefficient (Wildman–Crippen LogP) is 1.89. The first-order chi connectivity index (χ1) is 10.1. The molecule has 0 saturated carbocycles. The Morgan fingerprint density at radius 1 is 1.24 bits per heavy atom. The van der Waals surface area contributed by atoms with Crippen molar-refractivity contribution in [3.63, 3.8) is 0 Å². The van der Waals surface area contributed by atoms with Gasteiger partial charge >= 0.3 is 0 Å². The number of hydrogen-bond acceptors (Lipinski definition) is 2. The van der Waals surface area contributed by atoms with Crippen LogP contribution in [0.1, 0.15) is 31.7 Å². The molecule has 1 aromatic rings. The van der Waals surface area contributed by atoms with E-state index in [-0.39, 0.29) is 23.7 Å². The van der Waals surface area contributed by atoms with E-state index in [1.165, 1.54) is 12.1 Å². The summed E-state index contributed by atoms with van der Waals surface area (Å²) in [4.78, 5) is 25.3. The highest BCUT2D eigenvalue weighted by Gasteiger charge is 2.23. The monoisotopic (exact) mass is 292 g/mol. The Balaban J connectivity index is 1.80. The Kier molecular flexibility index (Phi) is 5.31. The highest BCUT2D eigenvalue weighted by Crippen LogP contribution is 2.13. The van der Waals surface area contributed by atoms with Crippen molar-refractivity contribution < 1.29 is 14.0 Å². The van der Waals surface area contributed by atoms with Crippen molar-refractivity contribution in [3.8, 4) is 0 Å². The summed E-state index contributed by atoms with van der Waals surface area (Å²) in [6.45, 7) is 3.15. The molecule has 1 saturated heterocycles. The van der Waals surface area contributed by atoms with E-state index in [1.54, 1.807) is 12.1 Å². The summed E-state index contributed by atoms with van der Waals surface area (Å²) < 4.78 is 12.8. The third kappa shape index (κ3) is 4.55. The first-order valence-electron chi connectivity index (χ1n) is 7.40. The number of piperidine rings is 1. The van der Waals surface area contributed by atoms with Crippen LogP contribution in [-0.2, 0) is 16.0 Å². The number of hydrogen-bond donors (Lipinski definition) is 1. The van der Waals surface area contributed by atoms with Gasteiger partial charge in [-0.15, -0.1) is 0 Å². The molecule has 21 heavy (non-hydrogen) atoms. The zero-order valence-electron chi connectivity index (χ0n) is 12.3. The largest absolute Gasteiger partial charge is 0.353 e. The Labute approximate surface area is 124 Å². The van der Waals surface area contributed by atoms with Crippen molar-refractivity contribution in [1.29, 1.82) is 0 Å². The molecule has 1 N–H and O–H groups in total. The van der Waals surface area contributed by atoms with E-state index in [0.29, 0.717) is 25.9 Å². The first kappa shape index (κ1) is 15.5. The Bertz CT molecular complexity index is 494. The Hall–Kier alpha value is -1.91. The molecule has 0 bridgehead atoms. The lowest BCUT2D eigenvalue weighted by atomic mass is 10.0. The van der Waals surface area contributed by atoms with Crippen LogP contribution in [0.3, 0.4) is 0 Å². The van der Waals surface area contributed by atoms with Crippen LogP contribution in [0.15, 0.2) is 24.3 Å². The van der Waals surface area contributed by atoms with Gasteiger partial charge in [0.05, 0.1) is 6.42 Å². The molecule has 1 aromatic carbocycles. The maximum Gasteiger partial charge on any atom is 0.226 e. The standard InChI is InChI=1S/C16H21FN2O2/c1-2-15(20)18-14-7-9-19(10-8-14)16(21)11-12-3-5-13(17)6-4-12/h3-6,14H,2,7-11H2,1H3,(H,18,20). The van der Waals surface area contributed by atoms with Crippen molar-refractivity contribution >= 4 is 11.8 Å². The van der Waals surface area contributed by atoms with Crippen LogP contribution in [0.4, 0.5) is 4.39 Å². The molecule has 2 amide bonds. The maximum atomic E-state index is 12.8. The average molecular weight is 292 g/mol. The Morgan fingerprint density at radius 3 is 2.43 bits per heavy atom. The summed E-state index contributed by atoms with van der Waals surface area (Å²) in [7, 11) is 0. The van der Waals surface area contributed by atoms with Gasteiger partial charge < -0.3 is 10.2 Å². The topological polar surface area (TPSA) is 49.4 Å². The van der Waals surface area contributed by atoms with Gasteiger partial charge in [0, 0.05) is 25.6 Å². The van der Waals surface area contributed by atoms with Crippen LogP contribution in [0.2, 0.25) is 0 Å². The maximum absolute atomic E-state index is 12.8. The molecule has 114 valence electrons. The predicted molar refractivity (Wildman–Crippen MR) is 78.1 cm³/mol. The molecule has 1 aliphatic rings. The van der Waals surface area contributed by atoms with Crippen LogP contribution in [0.5, 0.6) is 0 Å². The summed E-state index contributed by atoms with van der Waals surface area (Å²) in [5, 5.41) is 2.97. The second-order valence-electron chi connectivity index (χ2n) is 5.38. The van der Waals surface area contributed by atoms with Gasteiger partial charge in [0.2, 0.25) is 11.8 Å². The minimum absolute atomic E-state index is 0.0573. The van der Waals surface area contributed by atoms with Crippen LogP contribution in [0, 0.1) is 5.82 Å². The van der Waals surface area contributed by atoms with Gasteiger partial charge in [-0.2, -0.15) is 0 Å². The number of halogens is 1. The Morgan fingerprint density at radius 2 is 1.86 bits per heavy atom. The smallest absolute Gasteiger partial charge is 0.226 e. The van der Waals surface area contributed by atoms with Crippen LogP contribution in [-0.4, -0.2) is 35.8 Å². The summed E-state index contributed by atoms with van der Waals surface area (Å²) in [5.74, 6) is -0.174. The van der Waals surface area contributed by atoms with E-state index in [2.05, 4.69) is 5.32 Å². The molecule has 0 aromatic heterocycles. The normalized spacial score (nSPS) is 15.8. The average Bonchev–Trinajstić information content (AvgIpc) is 2.50. The van der Waals surface area contributed by atoms with E-state index >= 15 is 0 Å². The SMILES string of the molecule is CCC(=O)NC1CCN(C(=O)Cc2ccc(F)cc2)CC1. The summed E-state index contributed by atoms with van der Waals surface area (Å²) in [6, 6.07) is 6.19. The van der Waals surface area contributed by atoms with Crippen LogP contribution >= 0.6 is 0 Å². The second kappa shape index (κ2) is 7.20. The van der Waals surface area contributed by atoms with Crippen molar-refractivity contribution in [2.45, 2.75) is 38.6 Å². The molecule has 0 aliphatic carbocycles. The van der Waals surface area contributed by atoms with Gasteiger partial charge in [-0.1, -0.05) is 19.1 Å². The number of nitrogens with one attached hydrogen (secondary N) is 1. The van der Waals surface area contributed by atoms with Crippen molar-refractivity contribution in [1.82, 2.24) is 10.2 Å². The second-order valence-corrected chi connectivity index (χ2v) is 5.38. The molecular formula is C16H21FN2O2. The lowest BCUT2D eigenvalue weighted by Crippen LogP contribution is -2.46. The fourth-order valence-electron chi connectivity index (χ4n) is 2.49. The number of carbonyl (C=O) groups excluding carboxylic acids is 2. The van der Waals surface area contributed by atoms with Crippen molar-refractivity contribution in [2.75, 3.05) is 13.1 Å². The van der Waals surface area contributed by atoms with E-state index in [0.717, 1.165) is 18.4 Å². The molecule has 0 atom stereocenters. The molecule has 1 fully saturated rings. The quantitative estimate of drug-likeness (QED) is 0.921. The third-order valence-corrected chi connectivity index (χ3v) is 3.80. The first-order valence-corrected chi connectivity index (χ1v) is 7.40. The highest BCUT2D eigenvalue weighted by molar-refractivity contribution is 5.79. The van der Waals surface area contributed by atoms with Gasteiger partial charge in [0.25, 0.3) is 0 Å². The summed E-state index contributed by atoms with van der Waals surface area (Å²) in [5.41, 5.74) is 0.822. The molecule has 1 aliphatic heterocycles. The minimum Gasteiger partial charge on any atom is -0.353 e. The van der Waals surface area contributed by atoms with E-state index in [9.17, 15) is 14.0 Å². The molecule has 1 heterocycles. The molecule has 4 nitrogen and oxygen atoms in total. The lowest BCUT2D eigenvalue weighted by Gasteiger charge is -2.32. The van der Waals surface area contributed by atoms with Crippen LogP contribution < -0.4 is 5.32 Å². The van der Waals surface area contributed by atoms with Crippen molar-refractivity contribution in [2.24, 2.45) is 0 Å². The number of rotatable bonds is 4.